The fourth-order valence-corrected chi connectivity index (χ4v) is 3.28. The van der Waals surface area contributed by atoms with Crippen molar-refractivity contribution in [2.45, 2.75) is 33.2 Å². The molecule has 0 saturated carbocycles. The molecule has 0 amide bonds. The fourth-order valence-electron chi connectivity index (χ4n) is 3.28. The predicted molar refractivity (Wildman–Crippen MR) is 89.8 cm³/mol. The second-order valence-corrected chi connectivity index (χ2v) is 6.31. The molecule has 7 heteroatoms. The molecule has 1 aliphatic heterocycles. The number of nitrogens with zero attached hydrogens (tertiary/aromatic N) is 6. The lowest BCUT2D eigenvalue weighted by molar-refractivity contribution is 0.425. The average molecular weight is 324 g/mol. The zero-order valence-electron chi connectivity index (χ0n) is 14.1. The Kier molecular flexibility index (Phi) is 3.55. The lowest BCUT2D eigenvalue weighted by Crippen LogP contribution is -2.22. The van der Waals surface area contributed by atoms with E-state index >= 15 is 0 Å². The van der Waals surface area contributed by atoms with Crippen molar-refractivity contribution in [3.05, 3.63) is 41.6 Å². The van der Waals surface area contributed by atoms with Gasteiger partial charge in [-0.1, -0.05) is 5.16 Å². The Morgan fingerprint density at radius 1 is 1.21 bits per heavy atom. The van der Waals surface area contributed by atoms with Crippen LogP contribution in [0.3, 0.4) is 0 Å². The van der Waals surface area contributed by atoms with E-state index in [-0.39, 0.29) is 0 Å². The van der Waals surface area contributed by atoms with Gasteiger partial charge in [-0.2, -0.15) is 10.1 Å². The normalized spacial score (nSPS) is 17.6. The first kappa shape index (κ1) is 14.9. The van der Waals surface area contributed by atoms with Gasteiger partial charge in [0.1, 0.15) is 5.82 Å². The van der Waals surface area contributed by atoms with E-state index in [1.165, 1.54) is 5.69 Å². The van der Waals surface area contributed by atoms with Crippen LogP contribution < -0.4 is 4.90 Å². The van der Waals surface area contributed by atoms with Crippen LogP contribution in [0.15, 0.2) is 28.9 Å². The second-order valence-electron chi connectivity index (χ2n) is 6.31. The summed E-state index contributed by atoms with van der Waals surface area (Å²) in [5.41, 5.74) is 3.13. The van der Waals surface area contributed by atoms with Crippen molar-refractivity contribution in [2.75, 3.05) is 18.0 Å². The number of hydrogen-bond acceptors (Lipinski definition) is 6. The van der Waals surface area contributed by atoms with Crippen LogP contribution >= 0.6 is 0 Å². The summed E-state index contributed by atoms with van der Waals surface area (Å²) in [5.74, 6) is 2.11. The average Bonchev–Trinajstić information content (AvgIpc) is 3.28. The van der Waals surface area contributed by atoms with Crippen molar-refractivity contribution in [2.24, 2.45) is 0 Å². The Hall–Kier alpha value is -2.70. The summed E-state index contributed by atoms with van der Waals surface area (Å²) < 4.78 is 7.32. The van der Waals surface area contributed by atoms with E-state index < -0.39 is 0 Å². The van der Waals surface area contributed by atoms with E-state index in [0.717, 1.165) is 36.6 Å². The van der Waals surface area contributed by atoms with Crippen molar-refractivity contribution in [1.29, 1.82) is 0 Å². The third-order valence-electron chi connectivity index (χ3n) is 4.40. The number of anilines is 1. The molecule has 3 aromatic rings. The Morgan fingerprint density at radius 2 is 2.08 bits per heavy atom. The van der Waals surface area contributed by atoms with Crippen molar-refractivity contribution < 1.29 is 4.52 Å². The van der Waals surface area contributed by atoms with Crippen LogP contribution in [0.5, 0.6) is 0 Å². The molecule has 124 valence electrons. The molecule has 1 fully saturated rings. The number of hydrogen-bond donors (Lipinski definition) is 0. The highest BCUT2D eigenvalue weighted by molar-refractivity contribution is 5.54. The van der Waals surface area contributed by atoms with Gasteiger partial charge in [0.05, 0.1) is 17.3 Å². The van der Waals surface area contributed by atoms with Crippen LogP contribution in [-0.2, 0) is 0 Å². The van der Waals surface area contributed by atoms with Gasteiger partial charge in [-0.25, -0.2) is 4.98 Å². The topological polar surface area (TPSA) is 72.9 Å². The minimum Gasteiger partial charge on any atom is -0.354 e. The lowest BCUT2D eigenvalue weighted by atomic mass is 10.2. The molecule has 0 unspecified atom stereocenters. The van der Waals surface area contributed by atoms with E-state index in [4.69, 9.17) is 4.52 Å². The zero-order valence-corrected chi connectivity index (χ0v) is 14.1. The smallest absolute Gasteiger partial charge is 0.259 e. The summed E-state index contributed by atoms with van der Waals surface area (Å²) in [7, 11) is 0. The van der Waals surface area contributed by atoms with Crippen LogP contribution in [0.2, 0.25) is 0 Å². The molecule has 0 spiro atoms. The van der Waals surface area contributed by atoms with Gasteiger partial charge < -0.3 is 9.42 Å². The van der Waals surface area contributed by atoms with Gasteiger partial charge in [0.15, 0.2) is 5.82 Å². The molecule has 0 aromatic carbocycles. The summed E-state index contributed by atoms with van der Waals surface area (Å²) in [6.45, 7) is 7.86. The Bertz CT molecular complexity index is 850. The number of rotatable bonds is 3. The maximum atomic E-state index is 5.18. The van der Waals surface area contributed by atoms with Gasteiger partial charge in [-0.05, 0) is 45.4 Å². The molecule has 0 radical (unpaired) electrons. The number of aromatic nitrogens is 5. The van der Waals surface area contributed by atoms with Gasteiger partial charge in [-0.3, -0.25) is 4.68 Å². The SMILES string of the molecule is Cc1cc(C)n([C@H]2CCN(c3ccc(-c4nc(C)no4)cn3)C2)n1. The van der Waals surface area contributed by atoms with Crippen LogP contribution in [0.1, 0.15) is 29.7 Å². The quantitative estimate of drug-likeness (QED) is 0.737. The van der Waals surface area contributed by atoms with Crippen LogP contribution in [0.4, 0.5) is 5.82 Å². The lowest BCUT2D eigenvalue weighted by Gasteiger charge is -2.18. The molecule has 0 N–H and O–H groups in total. The molecule has 1 saturated heterocycles. The Labute approximate surface area is 140 Å². The first-order chi connectivity index (χ1) is 11.6. The standard InChI is InChI=1S/C17H20N6O/c1-11-8-12(2)23(20-11)15-6-7-22(10-15)16-5-4-14(9-18-16)17-19-13(3)21-24-17/h4-5,8-9,15H,6-7,10H2,1-3H3/t15-/m0/s1. The molecule has 1 atom stereocenters. The van der Waals surface area contributed by atoms with Gasteiger partial charge in [0.2, 0.25) is 0 Å². The van der Waals surface area contributed by atoms with E-state index in [1.54, 1.807) is 13.1 Å². The third kappa shape index (κ3) is 2.66. The largest absolute Gasteiger partial charge is 0.354 e. The number of aryl methyl sites for hydroxylation is 3. The third-order valence-corrected chi connectivity index (χ3v) is 4.40. The van der Waals surface area contributed by atoms with Gasteiger partial charge >= 0.3 is 0 Å². The summed E-state index contributed by atoms with van der Waals surface area (Å²) in [4.78, 5) is 11.1. The highest BCUT2D eigenvalue weighted by Crippen LogP contribution is 2.27. The highest BCUT2D eigenvalue weighted by atomic mass is 16.5. The molecule has 1 aliphatic rings. The van der Waals surface area contributed by atoms with Gasteiger partial charge in [0.25, 0.3) is 5.89 Å². The van der Waals surface area contributed by atoms with Crippen molar-refractivity contribution in [3.8, 4) is 11.5 Å². The summed E-state index contributed by atoms with van der Waals surface area (Å²) in [6, 6.07) is 6.52. The van der Waals surface area contributed by atoms with Crippen molar-refractivity contribution >= 4 is 5.82 Å². The van der Waals surface area contributed by atoms with Gasteiger partial charge in [-0.15, -0.1) is 0 Å². The first-order valence-corrected chi connectivity index (χ1v) is 8.14. The van der Waals surface area contributed by atoms with Crippen molar-refractivity contribution in [1.82, 2.24) is 24.9 Å². The maximum Gasteiger partial charge on any atom is 0.259 e. The predicted octanol–water partition coefficient (Wildman–Crippen LogP) is 2.70. The first-order valence-electron chi connectivity index (χ1n) is 8.14. The molecule has 4 rings (SSSR count). The van der Waals surface area contributed by atoms with Crippen LogP contribution in [0.25, 0.3) is 11.5 Å². The van der Waals surface area contributed by atoms with E-state index in [1.807, 2.05) is 19.1 Å². The van der Waals surface area contributed by atoms with E-state index in [9.17, 15) is 0 Å². The zero-order chi connectivity index (χ0) is 16.7. The molecular weight excluding hydrogens is 304 g/mol. The maximum absolute atomic E-state index is 5.18. The minimum atomic E-state index is 0.402. The monoisotopic (exact) mass is 324 g/mol. The van der Waals surface area contributed by atoms with E-state index in [2.05, 4.69) is 42.8 Å². The highest BCUT2D eigenvalue weighted by Gasteiger charge is 2.26. The molecule has 0 aliphatic carbocycles. The molecule has 4 heterocycles. The molecule has 3 aromatic heterocycles. The molecule has 0 bridgehead atoms. The molecular formula is C17H20N6O. The summed E-state index contributed by atoms with van der Waals surface area (Å²) in [5, 5.41) is 8.43. The summed E-state index contributed by atoms with van der Waals surface area (Å²) >= 11 is 0. The number of pyridine rings is 1. The summed E-state index contributed by atoms with van der Waals surface area (Å²) in [6.07, 6.45) is 2.87. The second kappa shape index (κ2) is 5.74. The molecule has 7 nitrogen and oxygen atoms in total. The van der Waals surface area contributed by atoms with Crippen molar-refractivity contribution in [3.63, 3.8) is 0 Å². The minimum absolute atomic E-state index is 0.402. The van der Waals surface area contributed by atoms with Crippen LogP contribution in [-0.4, -0.2) is 38.0 Å². The van der Waals surface area contributed by atoms with Gasteiger partial charge in [0, 0.05) is 25.0 Å². The Balaban J connectivity index is 1.50. The van der Waals surface area contributed by atoms with Crippen LogP contribution in [0, 0.1) is 20.8 Å². The Morgan fingerprint density at radius 3 is 2.71 bits per heavy atom. The van der Waals surface area contributed by atoms with E-state index in [0.29, 0.717) is 17.8 Å². The molecule has 24 heavy (non-hydrogen) atoms. The fraction of sp³-hybridized carbons (Fsp3) is 0.412.